The first-order valence-corrected chi connectivity index (χ1v) is 10.8. The highest BCUT2D eigenvalue weighted by molar-refractivity contribution is 6.32. The number of hydrogen-bond acceptors (Lipinski definition) is 6. The number of benzene rings is 1. The summed E-state index contributed by atoms with van der Waals surface area (Å²) in [6.45, 7) is 0.930. The van der Waals surface area contributed by atoms with E-state index in [9.17, 15) is 4.79 Å². The second-order valence-corrected chi connectivity index (χ2v) is 8.22. The van der Waals surface area contributed by atoms with Gasteiger partial charge in [0.05, 0.1) is 59.0 Å². The number of nitrogens with zero attached hydrogens (tertiary/aromatic N) is 7. The van der Waals surface area contributed by atoms with Crippen LogP contribution < -0.4 is 10.9 Å². The van der Waals surface area contributed by atoms with E-state index >= 15 is 0 Å². The average molecular weight is 481 g/mol. The van der Waals surface area contributed by atoms with Gasteiger partial charge in [-0.15, -0.1) is 5.10 Å². The van der Waals surface area contributed by atoms with Crippen LogP contribution in [0.25, 0.3) is 16.6 Å². The van der Waals surface area contributed by atoms with Gasteiger partial charge in [-0.05, 0) is 17.7 Å². The third-order valence-electron chi connectivity index (χ3n) is 5.34. The molecule has 11 heteroatoms. The predicted molar refractivity (Wildman–Crippen MR) is 127 cm³/mol. The van der Waals surface area contributed by atoms with Crippen molar-refractivity contribution in [2.24, 2.45) is 7.05 Å². The van der Waals surface area contributed by atoms with Gasteiger partial charge in [0, 0.05) is 24.3 Å². The van der Waals surface area contributed by atoms with Crippen LogP contribution in [0.15, 0.2) is 66.0 Å². The highest BCUT2D eigenvalue weighted by atomic mass is 35.5. The van der Waals surface area contributed by atoms with Crippen LogP contribution in [0.3, 0.4) is 0 Å². The van der Waals surface area contributed by atoms with Gasteiger partial charge in [-0.25, -0.2) is 4.98 Å². The molecular weight excluding hydrogens is 463 g/mol. The summed E-state index contributed by atoms with van der Waals surface area (Å²) in [5.74, 6) is 0.567. The molecule has 0 saturated heterocycles. The van der Waals surface area contributed by atoms with Crippen molar-refractivity contribution in [1.29, 1.82) is 0 Å². The zero-order chi connectivity index (χ0) is 22.9. The van der Waals surface area contributed by atoms with Crippen molar-refractivity contribution < 1.29 is 0 Å². The van der Waals surface area contributed by atoms with E-state index in [4.69, 9.17) is 23.2 Å². The van der Waals surface area contributed by atoms with Crippen LogP contribution in [0.1, 0.15) is 11.3 Å². The number of nitrogens with one attached hydrogen (secondary N) is 1. The minimum Gasteiger partial charge on any atom is -0.364 e. The van der Waals surface area contributed by atoms with Crippen molar-refractivity contribution in [1.82, 2.24) is 34.3 Å². The number of aromatic nitrogens is 7. The van der Waals surface area contributed by atoms with Gasteiger partial charge in [0.1, 0.15) is 5.82 Å². The van der Waals surface area contributed by atoms with E-state index in [0.29, 0.717) is 45.5 Å². The highest BCUT2D eigenvalue weighted by Gasteiger charge is 2.14. The van der Waals surface area contributed by atoms with Crippen molar-refractivity contribution >= 4 is 39.9 Å². The molecule has 0 spiro atoms. The lowest BCUT2D eigenvalue weighted by atomic mass is 10.2. The molecule has 0 saturated carbocycles. The Morgan fingerprint density at radius 2 is 1.91 bits per heavy atom. The minimum atomic E-state index is -0.229. The molecule has 0 amide bonds. The van der Waals surface area contributed by atoms with Gasteiger partial charge in [-0.2, -0.15) is 5.10 Å². The maximum atomic E-state index is 13.3. The topological polar surface area (TPSA) is 95.5 Å². The molecule has 4 heterocycles. The third-order valence-corrected chi connectivity index (χ3v) is 6.00. The molecule has 5 aromatic rings. The molecule has 0 radical (unpaired) electrons. The van der Waals surface area contributed by atoms with Gasteiger partial charge in [0.2, 0.25) is 0 Å². The van der Waals surface area contributed by atoms with Crippen LogP contribution in [0.2, 0.25) is 10.0 Å². The molecule has 5 rings (SSSR count). The van der Waals surface area contributed by atoms with Crippen LogP contribution in [-0.2, 0) is 20.1 Å². The first-order chi connectivity index (χ1) is 16.0. The number of aryl methyl sites for hydroxylation is 1. The average Bonchev–Trinajstić information content (AvgIpc) is 3.42. The van der Waals surface area contributed by atoms with Crippen LogP contribution in [-0.4, -0.2) is 34.3 Å². The number of rotatable bonds is 6. The monoisotopic (exact) mass is 480 g/mol. The van der Waals surface area contributed by atoms with Crippen LogP contribution in [0.5, 0.6) is 0 Å². The molecule has 1 N–H and O–H groups in total. The smallest absolute Gasteiger partial charge is 0.266 e. The van der Waals surface area contributed by atoms with E-state index < -0.39 is 0 Å². The van der Waals surface area contributed by atoms with Gasteiger partial charge >= 0.3 is 0 Å². The standard InChI is InChI=1S/C22H18Cl2N8O/c1-30-15(10-27-29-30)9-25-21-8-20(18(24)12-26-21)31-7-6-19-16(22(31)33)11-28-32(19)13-14-4-2-3-5-17(14)23/h2-8,10-12H,9,13H2,1H3,(H,25,26). The van der Waals surface area contributed by atoms with Gasteiger partial charge in [-0.1, -0.05) is 46.6 Å². The molecule has 9 nitrogen and oxygen atoms in total. The Labute approximate surface area is 198 Å². The Morgan fingerprint density at radius 3 is 2.70 bits per heavy atom. The lowest BCUT2D eigenvalue weighted by Gasteiger charge is -2.12. The van der Waals surface area contributed by atoms with Crippen molar-refractivity contribution in [3.63, 3.8) is 0 Å². The van der Waals surface area contributed by atoms with Gasteiger partial charge < -0.3 is 5.32 Å². The number of pyridine rings is 2. The fraction of sp³-hybridized carbons (Fsp3) is 0.136. The SMILES string of the molecule is Cn1nncc1CNc1cc(-n2ccc3c(cnn3Cc3ccccc3Cl)c2=O)c(Cl)cn1. The van der Waals surface area contributed by atoms with Crippen molar-refractivity contribution in [3.8, 4) is 5.69 Å². The molecule has 0 atom stereocenters. The van der Waals surface area contributed by atoms with Crippen molar-refractivity contribution in [2.45, 2.75) is 13.1 Å². The number of anilines is 1. The zero-order valence-electron chi connectivity index (χ0n) is 17.5. The number of fused-ring (bicyclic) bond motifs is 1. The van der Waals surface area contributed by atoms with Crippen LogP contribution in [0, 0.1) is 0 Å². The van der Waals surface area contributed by atoms with E-state index in [1.165, 1.54) is 10.8 Å². The Hall–Kier alpha value is -3.69. The van der Waals surface area contributed by atoms with E-state index in [2.05, 4.69) is 25.7 Å². The zero-order valence-corrected chi connectivity index (χ0v) is 19.0. The van der Waals surface area contributed by atoms with Gasteiger partial charge in [-0.3, -0.25) is 18.7 Å². The molecular formula is C22H18Cl2N8O. The molecule has 0 fully saturated rings. The largest absolute Gasteiger partial charge is 0.364 e. The van der Waals surface area contributed by atoms with Gasteiger partial charge in [0.25, 0.3) is 5.56 Å². The first-order valence-electron chi connectivity index (χ1n) is 10.0. The Morgan fingerprint density at radius 1 is 1.06 bits per heavy atom. The summed E-state index contributed by atoms with van der Waals surface area (Å²) >= 11 is 12.7. The summed E-state index contributed by atoms with van der Waals surface area (Å²) in [4.78, 5) is 17.6. The summed E-state index contributed by atoms with van der Waals surface area (Å²) in [5, 5.41) is 16.9. The molecule has 0 aliphatic rings. The lowest BCUT2D eigenvalue weighted by molar-refractivity contribution is 0.683. The third kappa shape index (κ3) is 4.08. The normalized spacial score (nSPS) is 11.2. The fourth-order valence-electron chi connectivity index (χ4n) is 3.54. The Bertz CT molecular complexity index is 1520. The second kappa shape index (κ2) is 8.68. The fourth-order valence-corrected chi connectivity index (χ4v) is 3.93. The van der Waals surface area contributed by atoms with Crippen LogP contribution in [0.4, 0.5) is 5.82 Å². The van der Waals surface area contributed by atoms with Crippen LogP contribution >= 0.6 is 23.2 Å². The molecule has 0 bridgehead atoms. The molecule has 0 unspecified atom stereocenters. The molecule has 0 aliphatic heterocycles. The van der Waals surface area contributed by atoms with Gasteiger partial charge in [0.15, 0.2) is 0 Å². The molecule has 1 aromatic carbocycles. The molecule has 33 heavy (non-hydrogen) atoms. The molecule has 166 valence electrons. The summed E-state index contributed by atoms with van der Waals surface area (Å²) < 4.78 is 4.92. The lowest BCUT2D eigenvalue weighted by Crippen LogP contribution is -2.18. The van der Waals surface area contributed by atoms with E-state index in [1.54, 1.807) is 34.0 Å². The second-order valence-electron chi connectivity index (χ2n) is 7.41. The quantitative estimate of drug-likeness (QED) is 0.398. The summed E-state index contributed by atoms with van der Waals surface area (Å²) in [6, 6.07) is 11.1. The maximum absolute atomic E-state index is 13.3. The van der Waals surface area contributed by atoms with Crippen molar-refractivity contribution in [2.75, 3.05) is 5.32 Å². The predicted octanol–water partition coefficient (Wildman–Crippen LogP) is 3.68. The Kier molecular flexibility index (Phi) is 5.57. The molecule has 0 aliphatic carbocycles. The number of halogens is 2. The van der Waals surface area contributed by atoms with E-state index in [-0.39, 0.29) is 5.56 Å². The molecule has 4 aromatic heterocycles. The number of hydrogen-bond donors (Lipinski definition) is 1. The van der Waals surface area contributed by atoms with Crippen molar-refractivity contribution in [3.05, 3.63) is 92.8 Å². The summed E-state index contributed by atoms with van der Waals surface area (Å²) in [5.41, 5.74) is 2.81. The summed E-state index contributed by atoms with van der Waals surface area (Å²) in [7, 11) is 1.81. The summed E-state index contributed by atoms with van der Waals surface area (Å²) in [6.07, 6.45) is 6.43. The Balaban J connectivity index is 1.47. The minimum absolute atomic E-state index is 0.229. The maximum Gasteiger partial charge on any atom is 0.266 e. The van der Waals surface area contributed by atoms with E-state index in [1.807, 2.05) is 37.4 Å². The first kappa shape index (κ1) is 21.2. The van der Waals surface area contributed by atoms with E-state index in [0.717, 1.165) is 11.3 Å². The highest BCUT2D eigenvalue weighted by Crippen LogP contribution is 2.23.